The normalized spacial score (nSPS) is 14.0. The van der Waals surface area contributed by atoms with Crippen molar-refractivity contribution in [2.75, 3.05) is 35.4 Å². The molecule has 2 heterocycles. The predicted molar refractivity (Wildman–Crippen MR) is 145 cm³/mol. The first-order chi connectivity index (χ1) is 17.5. The van der Waals surface area contributed by atoms with E-state index in [1.807, 2.05) is 53.4 Å². The monoisotopic (exact) mass is 517 g/mol. The van der Waals surface area contributed by atoms with Crippen molar-refractivity contribution in [1.29, 1.82) is 0 Å². The van der Waals surface area contributed by atoms with E-state index < -0.39 is 10.0 Å². The van der Waals surface area contributed by atoms with Crippen molar-refractivity contribution in [1.82, 2.24) is 4.90 Å². The van der Waals surface area contributed by atoms with E-state index in [1.165, 1.54) is 21.3 Å². The zero-order chi connectivity index (χ0) is 25.0. The zero-order valence-electron chi connectivity index (χ0n) is 19.7. The standard InChI is InChI=1S/C28H27N3O3S2/c32-28(30-18-16-29(17-19-30)25-9-5-2-6-10-25)24-11-13-26(14-12-24)31(21-23-7-3-1-4-8-23)36(33,34)27-15-20-35-22-27/h1-15,20,22H,16-19,21H2. The number of amides is 1. The molecule has 6 nitrogen and oxygen atoms in total. The average molecular weight is 518 g/mol. The number of piperazine rings is 1. The maximum Gasteiger partial charge on any atom is 0.265 e. The fourth-order valence-electron chi connectivity index (χ4n) is 4.35. The molecule has 1 aliphatic rings. The number of carbonyl (C=O) groups is 1. The first kappa shape index (κ1) is 24.1. The van der Waals surface area contributed by atoms with Crippen LogP contribution in [-0.4, -0.2) is 45.4 Å². The van der Waals surface area contributed by atoms with Crippen LogP contribution in [0.3, 0.4) is 0 Å². The molecule has 0 radical (unpaired) electrons. The molecule has 1 saturated heterocycles. The van der Waals surface area contributed by atoms with Crippen molar-refractivity contribution < 1.29 is 13.2 Å². The molecule has 0 atom stereocenters. The van der Waals surface area contributed by atoms with Gasteiger partial charge in [-0.3, -0.25) is 9.10 Å². The molecular weight excluding hydrogens is 490 g/mol. The lowest BCUT2D eigenvalue weighted by Crippen LogP contribution is -2.48. The van der Waals surface area contributed by atoms with Gasteiger partial charge in [0.15, 0.2) is 0 Å². The summed E-state index contributed by atoms with van der Waals surface area (Å²) >= 11 is 1.35. The van der Waals surface area contributed by atoms with E-state index in [9.17, 15) is 13.2 Å². The number of carbonyl (C=O) groups excluding carboxylic acids is 1. The fraction of sp³-hybridized carbons (Fsp3) is 0.179. The molecule has 1 amide bonds. The highest BCUT2D eigenvalue weighted by Gasteiger charge is 2.27. The minimum Gasteiger partial charge on any atom is -0.368 e. The predicted octanol–water partition coefficient (Wildman–Crippen LogP) is 5.11. The molecule has 5 rings (SSSR count). The molecule has 0 aliphatic carbocycles. The highest BCUT2D eigenvalue weighted by atomic mass is 32.2. The van der Waals surface area contributed by atoms with E-state index in [4.69, 9.17) is 0 Å². The van der Waals surface area contributed by atoms with E-state index in [2.05, 4.69) is 17.0 Å². The van der Waals surface area contributed by atoms with E-state index >= 15 is 0 Å². The van der Waals surface area contributed by atoms with Gasteiger partial charge >= 0.3 is 0 Å². The molecule has 3 aromatic carbocycles. The molecule has 8 heteroatoms. The molecule has 36 heavy (non-hydrogen) atoms. The summed E-state index contributed by atoms with van der Waals surface area (Å²) in [4.78, 5) is 17.6. The van der Waals surface area contributed by atoms with Crippen LogP contribution in [-0.2, 0) is 16.6 Å². The Balaban J connectivity index is 1.33. The lowest BCUT2D eigenvalue weighted by Gasteiger charge is -2.36. The Labute approximate surface area is 216 Å². The second-order valence-corrected chi connectivity index (χ2v) is 11.3. The number of hydrogen-bond acceptors (Lipinski definition) is 5. The summed E-state index contributed by atoms with van der Waals surface area (Å²) in [6, 6.07) is 28.2. The zero-order valence-corrected chi connectivity index (χ0v) is 21.4. The lowest BCUT2D eigenvalue weighted by molar-refractivity contribution is 0.0747. The van der Waals surface area contributed by atoms with Gasteiger partial charge in [0.1, 0.15) is 0 Å². The third-order valence-corrected chi connectivity index (χ3v) is 8.94. The van der Waals surface area contributed by atoms with Crippen LogP contribution in [0.25, 0.3) is 0 Å². The number of sulfonamides is 1. The van der Waals surface area contributed by atoms with Crippen LogP contribution < -0.4 is 9.21 Å². The van der Waals surface area contributed by atoms with Crippen LogP contribution in [0.1, 0.15) is 15.9 Å². The number of rotatable bonds is 7. The van der Waals surface area contributed by atoms with Gasteiger partial charge in [0.05, 0.1) is 17.1 Å². The Kier molecular flexibility index (Phi) is 7.06. The molecule has 1 fully saturated rings. The number of nitrogens with zero attached hydrogens (tertiary/aromatic N) is 3. The Hall–Kier alpha value is -3.62. The molecule has 4 aromatic rings. The van der Waals surface area contributed by atoms with Crippen LogP contribution in [0.2, 0.25) is 0 Å². The summed E-state index contributed by atoms with van der Waals surface area (Å²) in [5, 5.41) is 3.40. The second-order valence-electron chi connectivity index (χ2n) is 8.62. The molecule has 1 aromatic heterocycles. The molecule has 0 saturated carbocycles. The van der Waals surface area contributed by atoms with Gasteiger partial charge in [-0.05, 0) is 53.4 Å². The number of anilines is 2. The van der Waals surface area contributed by atoms with E-state index in [0.717, 1.165) is 18.7 Å². The molecule has 0 N–H and O–H groups in total. The van der Waals surface area contributed by atoms with Gasteiger partial charge in [0, 0.05) is 42.8 Å². The molecule has 0 bridgehead atoms. The number of hydrogen-bond donors (Lipinski definition) is 0. The Morgan fingerprint density at radius 1 is 0.806 bits per heavy atom. The van der Waals surface area contributed by atoms with Gasteiger partial charge in [-0.2, -0.15) is 11.3 Å². The van der Waals surface area contributed by atoms with Crippen LogP contribution in [0.5, 0.6) is 0 Å². The highest BCUT2D eigenvalue weighted by molar-refractivity contribution is 7.93. The minimum absolute atomic E-state index is 0.0374. The lowest BCUT2D eigenvalue weighted by atomic mass is 10.1. The average Bonchev–Trinajstić information content (AvgIpc) is 3.49. The SMILES string of the molecule is O=C(c1ccc(N(Cc2ccccc2)S(=O)(=O)c2ccsc2)cc1)N1CCN(c2ccccc2)CC1. The van der Waals surface area contributed by atoms with Gasteiger partial charge in [0.2, 0.25) is 0 Å². The van der Waals surface area contributed by atoms with Gasteiger partial charge in [-0.1, -0.05) is 48.5 Å². The van der Waals surface area contributed by atoms with E-state index in [-0.39, 0.29) is 17.3 Å². The first-order valence-electron chi connectivity index (χ1n) is 11.8. The molecule has 0 spiro atoms. The summed E-state index contributed by atoms with van der Waals surface area (Å²) in [5.74, 6) is -0.0374. The van der Waals surface area contributed by atoms with E-state index in [1.54, 1.807) is 41.1 Å². The molecule has 184 valence electrons. The summed E-state index contributed by atoms with van der Waals surface area (Å²) in [5.41, 5.74) is 3.13. The summed E-state index contributed by atoms with van der Waals surface area (Å²) < 4.78 is 28.3. The number of benzene rings is 3. The van der Waals surface area contributed by atoms with Crippen molar-refractivity contribution in [3.63, 3.8) is 0 Å². The van der Waals surface area contributed by atoms with Crippen LogP contribution in [0.15, 0.2) is 107 Å². The third-order valence-electron chi connectivity index (χ3n) is 6.34. The molecule has 1 aliphatic heterocycles. The molecular formula is C28H27N3O3S2. The summed E-state index contributed by atoms with van der Waals surface area (Å²) in [7, 11) is -3.75. The Morgan fingerprint density at radius 2 is 1.44 bits per heavy atom. The van der Waals surface area contributed by atoms with E-state index in [0.29, 0.717) is 24.3 Å². The number of thiophene rings is 1. The maximum absolute atomic E-state index is 13.5. The van der Waals surface area contributed by atoms with Crippen LogP contribution in [0, 0.1) is 0 Å². The summed E-state index contributed by atoms with van der Waals surface area (Å²) in [6.07, 6.45) is 0. The largest absolute Gasteiger partial charge is 0.368 e. The second kappa shape index (κ2) is 10.6. The quantitative estimate of drug-likeness (QED) is 0.342. The van der Waals surface area contributed by atoms with Crippen molar-refractivity contribution in [2.45, 2.75) is 11.4 Å². The smallest absolute Gasteiger partial charge is 0.265 e. The fourth-order valence-corrected chi connectivity index (χ4v) is 6.82. The number of para-hydroxylation sites is 1. The summed E-state index contributed by atoms with van der Waals surface area (Å²) in [6.45, 7) is 3.03. The maximum atomic E-state index is 13.5. The van der Waals surface area contributed by atoms with Crippen LogP contribution in [0.4, 0.5) is 11.4 Å². The van der Waals surface area contributed by atoms with Crippen molar-refractivity contribution in [2.24, 2.45) is 0 Å². The topological polar surface area (TPSA) is 60.9 Å². The van der Waals surface area contributed by atoms with Crippen molar-refractivity contribution >= 4 is 38.6 Å². The van der Waals surface area contributed by atoms with Gasteiger partial charge in [-0.25, -0.2) is 8.42 Å². The third kappa shape index (κ3) is 5.15. The minimum atomic E-state index is -3.75. The Morgan fingerprint density at radius 3 is 2.06 bits per heavy atom. The van der Waals surface area contributed by atoms with Gasteiger partial charge in [0.25, 0.3) is 15.9 Å². The van der Waals surface area contributed by atoms with Gasteiger partial charge < -0.3 is 9.80 Å². The van der Waals surface area contributed by atoms with Crippen molar-refractivity contribution in [3.05, 3.63) is 113 Å². The van der Waals surface area contributed by atoms with Gasteiger partial charge in [-0.15, -0.1) is 0 Å². The first-order valence-corrected chi connectivity index (χ1v) is 14.2. The Bertz CT molecular complexity index is 1380. The van der Waals surface area contributed by atoms with Crippen molar-refractivity contribution in [3.8, 4) is 0 Å². The molecule has 0 unspecified atom stereocenters. The van der Waals surface area contributed by atoms with Crippen LogP contribution >= 0.6 is 11.3 Å². The highest BCUT2D eigenvalue weighted by Crippen LogP contribution is 2.28.